The standard InChI is InChI=1S/C17H13N3OS/c1-2-4-15-14(3-1)19-16(20-15)11-21-13-7-5-12(6-8-13)17-18-9-10-22-17/h1-10H,11H2,(H,19,20). The van der Waals surface area contributed by atoms with E-state index < -0.39 is 0 Å². The minimum Gasteiger partial charge on any atom is -0.486 e. The highest BCUT2D eigenvalue weighted by molar-refractivity contribution is 7.13. The van der Waals surface area contributed by atoms with Gasteiger partial charge in [-0.3, -0.25) is 0 Å². The summed E-state index contributed by atoms with van der Waals surface area (Å²) in [6.07, 6.45) is 1.81. The van der Waals surface area contributed by atoms with Gasteiger partial charge >= 0.3 is 0 Å². The van der Waals surface area contributed by atoms with Crippen LogP contribution in [0.25, 0.3) is 21.6 Å². The van der Waals surface area contributed by atoms with Crippen LogP contribution in [0.5, 0.6) is 5.75 Å². The summed E-state index contributed by atoms with van der Waals surface area (Å²) in [5, 5.41) is 2.99. The summed E-state index contributed by atoms with van der Waals surface area (Å²) in [6, 6.07) is 15.9. The van der Waals surface area contributed by atoms with Crippen molar-refractivity contribution in [2.24, 2.45) is 0 Å². The Hall–Kier alpha value is -2.66. The zero-order valence-electron chi connectivity index (χ0n) is 11.7. The first-order valence-electron chi connectivity index (χ1n) is 6.95. The van der Waals surface area contributed by atoms with Gasteiger partial charge in [0.25, 0.3) is 0 Å². The summed E-state index contributed by atoms with van der Waals surface area (Å²) in [5.74, 6) is 1.64. The van der Waals surface area contributed by atoms with E-state index in [0.29, 0.717) is 6.61 Å². The molecule has 0 fully saturated rings. The highest BCUT2D eigenvalue weighted by atomic mass is 32.1. The molecule has 0 bridgehead atoms. The maximum Gasteiger partial charge on any atom is 0.146 e. The third-order valence-corrected chi connectivity index (χ3v) is 4.17. The number of ether oxygens (including phenoxy) is 1. The second-order valence-corrected chi connectivity index (χ2v) is 5.75. The molecule has 4 nitrogen and oxygen atoms in total. The second-order valence-electron chi connectivity index (χ2n) is 4.85. The Labute approximate surface area is 131 Å². The molecular formula is C17H13N3OS. The van der Waals surface area contributed by atoms with E-state index >= 15 is 0 Å². The number of H-pyrrole nitrogens is 1. The number of nitrogens with zero attached hydrogens (tertiary/aromatic N) is 2. The van der Waals surface area contributed by atoms with E-state index in [9.17, 15) is 0 Å². The molecule has 2 aromatic carbocycles. The molecule has 0 aliphatic carbocycles. The van der Waals surface area contributed by atoms with Crippen LogP contribution in [0.2, 0.25) is 0 Å². The van der Waals surface area contributed by atoms with E-state index in [-0.39, 0.29) is 0 Å². The fourth-order valence-electron chi connectivity index (χ4n) is 2.29. The van der Waals surface area contributed by atoms with E-state index in [2.05, 4.69) is 15.0 Å². The molecule has 2 aromatic heterocycles. The number of imidazole rings is 1. The first-order valence-corrected chi connectivity index (χ1v) is 7.83. The van der Waals surface area contributed by atoms with Crippen molar-refractivity contribution < 1.29 is 4.74 Å². The lowest BCUT2D eigenvalue weighted by Crippen LogP contribution is -1.97. The third kappa shape index (κ3) is 2.58. The van der Waals surface area contributed by atoms with Gasteiger partial charge in [-0.1, -0.05) is 12.1 Å². The minimum atomic E-state index is 0.422. The van der Waals surface area contributed by atoms with Crippen LogP contribution in [0.15, 0.2) is 60.1 Å². The monoisotopic (exact) mass is 307 g/mol. The quantitative estimate of drug-likeness (QED) is 0.612. The van der Waals surface area contributed by atoms with Gasteiger partial charge < -0.3 is 9.72 Å². The van der Waals surface area contributed by atoms with Crippen LogP contribution in [0.4, 0.5) is 0 Å². The predicted octanol–water partition coefficient (Wildman–Crippen LogP) is 4.27. The van der Waals surface area contributed by atoms with Crippen molar-refractivity contribution >= 4 is 22.4 Å². The highest BCUT2D eigenvalue weighted by Crippen LogP contribution is 2.24. The van der Waals surface area contributed by atoms with E-state index in [0.717, 1.165) is 33.2 Å². The largest absolute Gasteiger partial charge is 0.486 e. The lowest BCUT2D eigenvalue weighted by Gasteiger charge is -2.04. The summed E-state index contributed by atoms with van der Waals surface area (Å²) in [5.41, 5.74) is 3.09. The molecule has 0 spiro atoms. The second kappa shape index (κ2) is 5.61. The van der Waals surface area contributed by atoms with E-state index in [1.165, 1.54) is 0 Å². The molecule has 0 saturated heterocycles. The number of aromatic amines is 1. The SMILES string of the molecule is c1ccc2[nH]c(COc3ccc(-c4nccs4)cc3)nc2c1. The van der Waals surface area contributed by atoms with E-state index in [1.54, 1.807) is 11.3 Å². The predicted molar refractivity (Wildman–Crippen MR) is 88.0 cm³/mol. The van der Waals surface area contributed by atoms with Gasteiger partial charge in [-0.2, -0.15) is 0 Å². The van der Waals surface area contributed by atoms with Gasteiger partial charge in [0, 0.05) is 17.1 Å². The number of hydrogen-bond acceptors (Lipinski definition) is 4. The van der Waals surface area contributed by atoms with Crippen LogP contribution in [0, 0.1) is 0 Å². The number of rotatable bonds is 4. The number of para-hydroxylation sites is 2. The maximum atomic E-state index is 5.78. The molecule has 0 radical (unpaired) electrons. The molecule has 22 heavy (non-hydrogen) atoms. The van der Waals surface area contributed by atoms with Crippen molar-refractivity contribution in [3.63, 3.8) is 0 Å². The molecule has 1 N–H and O–H groups in total. The van der Waals surface area contributed by atoms with Crippen LogP contribution < -0.4 is 4.74 Å². The minimum absolute atomic E-state index is 0.422. The molecule has 0 saturated carbocycles. The highest BCUT2D eigenvalue weighted by Gasteiger charge is 2.04. The molecule has 0 aliphatic rings. The molecule has 0 aliphatic heterocycles. The Morgan fingerprint density at radius 3 is 2.68 bits per heavy atom. The molecule has 0 atom stereocenters. The molecule has 108 valence electrons. The maximum absolute atomic E-state index is 5.78. The van der Waals surface area contributed by atoms with Crippen LogP contribution in [0.3, 0.4) is 0 Å². The Morgan fingerprint density at radius 2 is 1.91 bits per heavy atom. The number of aromatic nitrogens is 3. The normalized spacial score (nSPS) is 10.9. The van der Waals surface area contributed by atoms with Gasteiger partial charge in [-0.25, -0.2) is 9.97 Å². The van der Waals surface area contributed by atoms with Crippen molar-refractivity contribution in [3.8, 4) is 16.3 Å². The first kappa shape index (κ1) is 13.0. The van der Waals surface area contributed by atoms with Crippen LogP contribution in [-0.4, -0.2) is 15.0 Å². The molecule has 0 amide bonds. The first-order chi connectivity index (χ1) is 10.9. The summed E-state index contributed by atoms with van der Waals surface area (Å²) in [4.78, 5) is 12.0. The Balaban J connectivity index is 1.47. The van der Waals surface area contributed by atoms with E-state index in [1.807, 2.05) is 60.1 Å². The van der Waals surface area contributed by atoms with Gasteiger partial charge in [0.15, 0.2) is 0 Å². The lowest BCUT2D eigenvalue weighted by molar-refractivity contribution is 0.297. The summed E-state index contributed by atoms with van der Waals surface area (Å²) in [7, 11) is 0. The van der Waals surface area contributed by atoms with Gasteiger partial charge in [0.1, 0.15) is 23.2 Å². The molecule has 4 rings (SSSR count). The van der Waals surface area contributed by atoms with Crippen LogP contribution >= 0.6 is 11.3 Å². The van der Waals surface area contributed by atoms with Crippen LogP contribution in [0.1, 0.15) is 5.82 Å². The molecular weight excluding hydrogens is 294 g/mol. The van der Waals surface area contributed by atoms with Gasteiger partial charge in [0.2, 0.25) is 0 Å². The van der Waals surface area contributed by atoms with Crippen molar-refractivity contribution in [1.29, 1.82) is 0 Å². The fourth-order valence-corrected chi connectivity index (χ4v) is 2.93. The zero-order valence-corrected chi connectivity index (χ0v) is 12.5. The van der Waals surface area contributed by atoms with Crippen molar-refractivity contribution in [1.82, 2.24) is 15.0 Å². The number of thiazole rings is 1. The van der Waals surface area contributed by atoms with Gasteiger partial charge in [0.05, 0.1) is 11.0 Å². The van der Waals surface area contributed by atoms with Gasteiger partial charge in [-0.15, -0.1) is 11.3 Å². The number of fused-ring (bicyclic) bond motifs is 1. The zero-order chi connectivity index (χ0) is 14.8. The van der Waals surface area contributed by atoms with Gasteiger partial charge in [-0.05, 0) is 36.4 Å². The number of benzene rings is 2. The topological polar surface area (TPSA) is 50.8 Å². The lowest BCUT2D eigenvalue weighted by atomic mass is 10.2. The Kier molecular flexibility index (Phi) is 3.33. The average Bonchev–Trinajstić information content (AvgIpc) is 3.22. The summed E-state index contributed by atoms with van der Waals surface area (Å²) < 4.78 is 5.78. The summed E-state index contributed by atoms with van der Waals surface area (Å²) >= 11 is 1.63. The molecule has 2 heterocycles. The van der Waals surface area contributed by atoms with Crippen LogP contribution in [-0.2, 0) is 6.61 Å². The Bertz CT molecular complexity index is 849. The average molecular weight is 307 g/mol. The molecule has 4 aromatic rings. The number of nitrogens with one attached hydrogen (secondary N) is 1. The smallest absolute Gasteiger partial charge is 0.146 e. The number of hydrogen-bond donors (Lipinski definition) is 1. The molecule has 0 unspecified atom stereocenters. The third-order valence-electron chi connectivity index (χ3n) is 3.35. The van der Waals surface area contributed by atoms with Crippen molar-refractivity contribution in [2.45, 2.75) is 6.61 Å². The molecule has 5 heteroatoms. The van der Waals surface area contributed by atoms with Crippen molar-refractivity contribution in [2.75, 3.05) is 0 Å². The fraction of sp³-hybridized carbons (Fsp3) is 0.0588. The summed E-state index contributed by atoms with van der Waals surface area (Å²) in [6.45, 7) is 0.422. The van der Waals surface area contributed by atoms with Crippen molar-refractivity contribution in [3.05, 3.63) is 65.9 Å². The van der Waals surface area contributed by atoms with E-state index in [4.69, 9.17) is 4.74 Å². The Morgan fingerprint density at radius 1 is 1.05 bits per heavy atom.